The van der Waals surface area contributed by atoms with E-state index in [1.807, 2.05) is 66.7 Å². The number of fused-ring (bicyclic) bond motifs is 1. The Morgan fingerprint density at radius 2 is 1.58 bits per heavy atom. The van der Waals surface area contributed by atoms with Crippen molar-refractivity contribution in [2.45, 2.75) is 19.0 Å². The second-order valence-corrected chi connectivity index (χ2v) is 7.97. The zero-order valence-corrected chi connectivity index (χ0v) is 18.1. The highest BCUT2D eigenvalue weighted by atomic mass is 16.2. The summed E-state index contributed by atoms with van der Waals surface area (Å²) < 4.78 is 1.74. The van der Waals surface area contributed by atoms with Gasteiger partial charge in [0.2, 0.25) is 5.91 Å². The van der Waals surface area contributed by atoms with Crippen LogP contribution >= 0.6 is 0 Å². The van der Waals surface area contributed by atoms with Crippen LogP contribution in [0.5, 0.6) is 0 Å². The maximum atomic E-state index is 13.2. The van der Waals surface area contributed by atoms with E-state index in [2.05, 4.69) is 40.7 Å². The van der Waals surface area contributed by atoms with Crippen LogP contribution < -0.4 is 5.32 Å². The highest BCUT2D eigenvalue weighted by Crippen LogP contribution is 2.28. The number of para-hydroxylation sites is 1. The fourth-order valence-corrected chi connectivity index (χ4v) is 4.15. The van der Waals surface area contributed by atoms with Crippen LogP contribution in [0, 0.1) is 0 Å². The molecule has 0 aliphatic carbocycles. The molecule has 33 heavy (non-hydrogen) atoms. The van der Waals surface area contributed by atoms with E-state index in [4.69, 9.17) is 4.98 Å². The van der Waals surface area contributed by atoms with Crippen molar-refractivity contribution in [2.75, 3.05) is 0 Å². The van der Waals surface area contributed by atoms with Crippen molar-refractivity contribution in [3.63, 3.8) is 0 Å². The Morgan fingerprint density at radius 1 is 0.848 bits per heavy atom. The molecular formula is C28H24N4O. The van der Waals surface area contributed by atoms with Gasteiger partial charge in [-0.1, -0.05) is 84.9 Å². The van der Waals surface area contributed by atoms with E-state index >= 15 is 0 Å². The lowest BCUT2D eigenvalue weighted by Gasteiger charge is -2.21. The third-order valence-corrected chi connectivity index (χ3v) is 5.72. The first-order valence-electron chi connectivity index (χ1n) is 11.0. The molecule has 0 aliphatic heterocycles. The summed E-state index contributed by atoms with van der Waals surface area (Å²) in [6.45, 7) is 0.145. The molecule has 3 aromatic carbocycles. The lowest BCUT2D eigenvalue weighted by Crippen LogP contribution is -2.33. The highest BCUT2D eigenvalue weighted by Gasteiger charge is 2.21. The summed E-state index contributed by atoms with van der Waals surface area (Å²) in [7, 11) is 0. The van der Waals surface area contributed by atoms with Gasteiger partial charge < -0.3 is 5.32 Å². The summed E-state index contributed by atoms with van der Waals surface area (Å²) in [5.41, 5.74) is 5.02. The van der Waals surface area contributed by atoms with E-state index in [1.54, 1.807) is 17.1 Å². The largest absolute Gasteiger partial charge is 0.346 e. The standard InChI is InChI=1S/C28H24N4O/c33-27(20-32-26-16-8-7-14-23(26)19-30-32)31-25(18-21-10-3-1-4-11-21)28-24(15-9-17-29-28)22-12-5-2-6-13-22/h1-17,19,25H,18,20H2,(H,31,33). The average Bonchev–Trinajstić information content (AvgIpc) is 3.27. The Balaban J connectivity index is 1.46. The molecule has 0 saturated heterocycles. The number of rotatable bonds is 7. The van der Waals surface area contributed by atoms with E-state index in [0.717, 1.165) is 33.3 Å². The Kier molecular flexibility index (Phi) is 5.93. The van der Waals surface area contributed by atoms with Crippen LogP contribution in [0.25, 0.3) is 22.0 Å². The quantitative estimate of drug-likeness (QED) is 0.385. The Morgan fingerprint density at radius 3 is 2.39 bits per heavy atom. The van der Waals surface area contributed by atoms with Crippen molar-refractivity contribution in [3.8, 4) is 11.1 Å². The van der Waals surface area contributed by atoms with Crippen LogP contribution in [0.2, 0.25) is 0 Å². The summed E-state index contributed by atoms with van der Waals surface area (Å²) in [4.78, 5) is 17.9. The van der Waals surface area contributed by atoms with E-state index in [-0.39, 0.29) is 18.5 Å². The number of carbonyl (C=O) groups excluding carboxylic acids is 1. The van der Waals surface area contributed by atoms with E-state index in [0.29, 0.717) is 6.42 Å². The molecule has 1 N–H and O–H groups in total. The number of aromatic nitrogens is 3. The Labute approximate surface area is 192 Å². The van der Waals surface area contributed by atoms with Gasteiger partial charge in [-0.2, -0.15) is 5.10 Å². The number of nitrogens with one attached hydrogen (secondary N) is 1. The van der Waals surface area contributed by atoms with Gasteiger partial charge in [-0.3, -0.25) is 14.5 Å². The molecule has 0 spiro atoms. The molecule has 162 valence electrons. The molecular weight excluding hydrogens is 408 g/mol. The van der Waals surface area contributed by atoms with Crippen molar-refractivity contribution in [1.29, 1.82) is 0 Å². The molecule has 1 unspecified atom stereocenters. The number of carbonyl (C=O) groups is 1. The molecule has 0 aliphatic rings. The van der Waals surface area contributed by atoms with Crippen LogP contribution in [0.15, 0.2) is 109 Å². The second kappa shape index (κ2) is 9.49. The van der Waals surface area contributed by atoms with Crippen molar-refractivity contribution in [2.24, 2.45) is 0 Å². The van der Waals surface area contributed by atoms with E-state index in [9.17, 15) is 4.79 Å². The molecule has 5 nitrogen and oxygen atoms in total. The molecule has 1 amide bonds. The first-order chi connectivity index (χ1) is 16.3. The Bertz CT molecular complexity index is 1360. The van der Waals surface area contributed by atoms with Crippen molar-refractivity contribution < 1.29 is 4.79 Å². The average molecular weight is 433 g/mol. The van der Waals surface area contributed by atoms with Gasteiger partial charge in [-0.05, 0) is 29.7 Å². The van der Waals surface area contributed by atoms with Crippen LogP contribution in [-0.2, 0) is 17.8 Å². The van der Waals surface area contributed by atoms with Gasteiger partial charge in [0.05, 0.1) is 23.4 Å². The number of hydrogen-bond donors (Lipinski definition) is 1. The lowest BCUT2D eigenvalue weighted by molar-refractivity contribution is -0.122. The first-order valence-corrected chi connectivity index (χ1v) is 11.0. The van der Waals surface area contributed by atoms with E-state index in [1.165, 1.54) is 0 Å². The topological polar surface area (TPSA) is 59.8 Å². The van der Waals surface area contributed by atoms with Gasteiger partial charge in [-0.25, -0.2) is 0 Å². The van der Waals surface area contributed by atoms with E-state index < -0.39 is 0 Å². The number of benzene rings is 3. The third-order valence-electron chi connectivity index (χ3n) is 5.72. The number of pyridine rings is 1. The van der Waals surface area contributed by atoms with Crippen LogP contribution in [0.1, 0.15) is 17.3 Å². The molecule has 2 heterocycles. The summed E-state index contributed by atoms with van der Waals surface area (Å²) >= 11 is 0. The van der Waals surface area contributed by atoms with Gasteiger partial charge in [0.15, 0.2) is 0 Å². The van der Waals surface area contributed by atoms with Gasteiger partial charge in [0.1, 0.15) is 6.54 Å². The van der Waals surface area contributed by atoms with Crippen LogP contribution in [0.4, 0.5) is 0 Å². The normalized spacial score (nSPS) is 11.9. The molecule has 0 saturated carbocycles. The minimum absolute atomic E-state index is 0.102. The molecule has 1 atom stereocenters. The summed E-state index contributed by atoms with van der Waals surface area (Å²) in [6.07, 6.45) is 4.21. The van der Waals surface area contributed by atoms with Crippen molar-refractivity contribution in [1.82, 2.24) is 20.1 Å². The van der Waals surface area contributed by atoms with Crippen LogP contribution in [0.3, 0.4) is 0 Å². The molecule has 2 aromatic heterocycles. The number of nitrogens with zero attached hydrogens (tertiary/aromatic N) is 3. The third kappa shape index (κ3) is 4.67. The molecule has 5 rings (SSSR count). The maximum Gasteiger partial charge on any atom is 0.242 e. The van der Waals surface area contributed by atoms with Crippen molar-refractivity contribution >= 4 is 16.8 Å². The van der Waals surface area contributed by atoms with Crippen LogP contribution in [-0.4, -0.2) is 20.7 Å². The Hall–Kier alpha value is -4.25. The van der Waals surface area contributed by atoms with Crippen molar-refractivity contribution in [3.05, 3.63) is 121 Å². The number of amides is 1. The zero-order valence-electron chi connectivity index (χ0n) is 18.1. The lowest BCUT2D eigenvalue weighted by atomic mass is 9.95. The molecule has 0 radical (unpaired) electrons. The minimum atomic E-state index is -0.280. The second-order valence-electron chi connectivity index (χ2n) is 7.97. The fourth-order valence-electron chi connectivity index (χ4n) is 4.15. The minimum Gasteiger partial charge on any atom is -0.346 e. The molecule has 5 aromatic rings. The predicted molar refractivity (Wildman–Crippen MR) is 130 cm³/mol. The highest BCUT2D eigenvalue weighted by molar-refractivity contribution is 5.82. The fraction of sp³-hybridized carbons (Fsp3) is 0.107. The monoisotopic (exact) mass is 432 g/mol. The van der Waals surface area contributed by atoms with Gasteiger partial charge in [-0.15, -0.1) is 0 Å². The maximum absolute atomic E-state index is 13.2. The van der Waals surface area contributed by atoms with Gasteiger partial charge in [0.25, 0.3) is 0 Å². The van der Waals surface area contributed by atoms with Gasteiger partial charge in [0, 0.05) is 17.1 Å². The zero-order chi connectivity index (χ0) is 22.5. The summed E-state index contributed by atoms with van der Waals surface area (Å²) in [6, 6.07) is 31.9. The SMILES string of the molecule is O=C(Cn1ncc2ccccc21)NC(Cc1ccccc1)c1ncccc1-c1ccccc1. The summed E-state index contributed by atoms with van der Waals surface area (Å²) in [5, 5.41) is 8.65. The van der Waals surface area contributed by atoms with Gasteiger partial charge >= 0.3 is 0 Å². The molecule has 0 bridgehead atoms. The first kappa shape index (κ1) is 20.6. The summed E-state index contributed by atoms with van der Waals surface area (Å²) in [5.74, 6) is -0.102. The smallest absolute Gasteiger partial charge is 0.242 e. The molecule has 0 fully saturated rings. The molecule has 5 heteroatoms. The predicted octanol–water partition coefficient (Wildman–Crippen LogP) is 5.20. The number of hydrogen-bond acceptors (Lipinski definition) is 3.